The number of nitrogens with two attached hydrogens (primary N) is 1. The van der Waals surface area contributed by atoms with E-state index in [0.29, 0.717) is 27.1 Å². The topological polar surface area (TPSA) is 35.2 Å². The molecule has 0 aliphatic rings. The first kappa shape index (κ1) is 14.3. The fourth-order valence-electron chi connectivity index (χ4n) is 1.65. The van der Waals surface area contributed by atoms with Crippen LogP contribution in [0.5, 0.6) is 11.5 Å². The summed E-state index contributed by atoms with van der Waals surface area (Å²) in [4.78, 5) is 0.298. The molecule has 0 bridgehead atoms. The Balaban J connectivity index is 2.46. The Bertz CT molecular complexity index is 645. The Hall–Kier alpha value is -1.10. The number of para-hydroxylation sites is 1. The van der Waals surface area contributed by atoms with Crippen molar-refractivity contribution in [3.05, 3.63) is 57.0 Å². The smallest absolute Gasteiger partial charge is 0.146 e. The molecule has 0 fully saturated rings. The van der Waals surface area contributed by atoms with Crippen molar-refractivity contribution >= 4 is 44.7 Å². The minimum Gasteiger partial charge on any atom is -0.455 e. The van der Waals surface area contributed by atoms with E-state index in [1.54, 1.807) is 12.1 Å². The summed E-state index contributed by atoms with van der Waals surface area (Å²) in [5.41, 5.74) is 7.36. The highest BCUT2D eigenvalue weighted by molar-refractivity contribution is 9.10. The Kier molecular flexibility index (Phi) is 4.45. The third-order valence-corrected chi connectivity index (χ3v) is 3.59. The summed E-state index contributed by atoms with van der Waals surface area (Å²) in [6, 6.07) is 11.1. The molecule has 0 amide bonds. The third kappa shape index (κ3) is 3.26. The van der Waals surface area contributed by atoms with Crippen molar-refractivity contribution in [1.82, 2.24) is 0 Å². The molecular weight excluding hydrogens is 346 g/mol. The monoisotopic (exact) mass is 355 g/mol. The molecule has 0 spiro atoms. The number of rotatable bonds is 3. The second kappa shape index (κ2) is 5.90. The molecule has 5 heteroatoms. The van der Waals surface area contributed by atoms with Gasteiger partial charge in [-0.2, -0.15) is 0 Å². The van der Waals surface area contributed by atoms with E-state index in [1.807, 2.05) is 31.2 Å². The maximum absolute atomic E-state index is 6.14. The lowest BCUT2D eigenvalue weighted by Gasteiger charge is -2.14. The van der Waals surface area contributed by atoms with Crippen LogP contribution in [0.3, 0.4) is 0 Å². The van der Waals surface area contributed by atoms with Gasteiger partial charge in [0.05, 0.1) is 10.6 Å². The fourth-order valence-corrected chi connectivity index (χ4v) is 2.52. The maximum atomic E-state index is 6.14. The molecule has 0 unspecified atom stereocenters. The summed E-state index contributed by atoms with van der Waals surface area (Å²) >= 11 is 14.5. The highest BCUT2D eigenvalue weighted by Gasteiger charge is 2.12. The molecule has 0 saturated carbocycles. The second-order valence-corrected chi connectivity index (χ2v) is 5.76. The van der Waals surface area contributed by atoms with E-state index < -0.39 is 0 Å². The van der Waals surface area contributed by atoms with E-state index in [2.05, 4.69) is 15.9 Å². The van der Waals surface area contributed by atoms with Crippen LogP contribution < -0.4 is 10.5 Å². The lowest BCUT2D eigenvalue weighted by molar-refractivity contribution is 0.478. The Morgan fingerprint density at radius 1 is 1.32 bits per heavy atom. The minimum absolute atomic E-state index is 0.298. The van der Waals surface area contributed by atoms with Crippen molar-refractivity contribution in [3.8, 4) is 11.5 Å². The van der Waals surface area contributed by atoms with Crippen LogP contribution >= 0.6 is 39.7 Å². The van der Waals surface area contributed by atoms with Gasteiger partial charge in [-0.05, 0) is 36.8 Å². The van der Waals surface area contributed by atoms with Crippen LogP contribution in [-0.2, 0) is 0 Å². The van der Waals surface area contributed by atoms with E-state index in [4.69, 9.17) is 34.3 Å². The van der Waals surface area contributed by atoms with Crippen molar-refractivity contribution in [2.45, 2.75) is 6.92 Å². The standard InChI is InChI=1S/C14H11BrClNOS/c1-8-3-2-4-10(14(17)19)13(8)18-12-6-5-9(15)7-11(12)16/h2-7H,1H3,(H2,17,19). The van der Waals surface area contributed by atoms with Gasteiger partial charge in [0.15, 0.2) is 0 Å². The maximum Gasteiger partial charge on any atom is 0.146 e. The van der Waals surface area contributed by atoms with Gasteiger partial charge in [-0.3, -0.25) is 0 Å². The molecule has 2 nitrogen and oxygen atoms in total. The number of halogens is 2. The van der Waals surface area contributed by atoms with Crippen LogP contribution in [-0.4, -0.2) is 4.99 Å². The number of ether oxygens (including phenoxy) is 1. The molecular formula is C14H11BrClNOS. The average Bonchev–Trinajstić information content (AvgIpc) is 2.34. The number of aryl methyl sites for hydroxylation is 1. The van der Waals surface area contributed by atoms with E-state index in [-0.39, 0.29) is 0 Å². The Morgan fingerprint density at radius 3 is 2.68 bits per heavy atom. The number of hydrogen-bond donors (Lipinski definition) is 1. The summed E-state index contributed by atoms with van der Waals surface area (Å²) in [5, 5.41) is 0.520. The Labute approximate surface area is 130 Å². The first-order valence-electron chi connectivity index (χ1n) is 5.51. The van der Waals surface area contributed by atoms with E-state index >= 15 is 0 Å². The first-order valence-corrected chi connectivity index (χ1v) is 7.09. The van der Waals surface area contributed by atoms with Crippen LogP contribution in [0.1, 0.15) is 11.1 Å². The van der Waals surface area contributed by atoms with Crippen LogP contribution in [0.4, 0.5) is 0 Å². The van der Waals surface area contributed by atoms with Gasteiger partial charge in [0, 0.05) is 4.47 Å². The lowest BCUT2D eigenvalue weighted by Crippen LogP contribution is -2.11. The molecule has 2 aromatic carbocycles. The zero-order valence-electron chi connectivity index (χ0n) is 10.1. The largest absolute Gasteiger partial charge is 0.455 e. The molecule has 0 aliphatic heterocycles. The molecule has 0 atom stereocenters. The van der Waals surface area contributed by atoms with Crippen molar-refractivity contribution < 1.29 is 4.74 Å². The highest BCUT2D eigenvalue weighted by atomic mass is 79.9. The fraction of sp³-hybridized carbons (Fsp3) is 0.0714. The van der Waals surface area contributed by atoms with Crippen LogP contribution in [0.15, 0.2) is 40.9 Å². The summed E-state index contributed by atoms with van der Waals surface area (Å²) in [7, 11) is 0. The van der Waals surface area contributed by atoms with Crippen molar-refractivity contribution in [2.24, 2.45) is 5.73 Å². The second-order valence-electron chi connectivity index (χ2n) is 3.99. The predicted octanol–water partition coefficient (Wildman–Crippen LogP) is 4.84. The number of thiocarbonyl (C=S) groups is 1. The van der Waals surface area contributed by atoms with Gasteiger partial charge < -0.3 is 10.5 Å². The van der Waals surface area contributed by atoms with Gasteiger partial charge >= 0.3 is 0 Å². The first-order chi connectivity index (χ1) is 8.99. The average molecular weight is 357 g/mol. The van der Waals surface area contributed by atoms with Gasteiger partial charge in [-0.1, -0.05) is 51.9 Å². The summed E-state index contributed by atoms with van der Waals surface area (Å²) in [6.45, 7) is 1.93. The molecule has 19 heavy (non-hydrogen) atoms. The van der Waals surface area contributed by atoms with E-state index in [9.17, 15) is 0 Å². The predicted molar refractivity (Wildman–Crippen MR) is 86.3 cm³/mol. The normalized spacial score (nSPS) is 10.3. The van der Waals surface area contributed by atoms with Crippen LogP contribution in [0.2, 0.25) is 5.02 Å². The molecule has 0 aliphatic carbocycles. The molecule has 98 valence electrons. The number of benzene rings is 2. The van der Waals surface area contributed by atoms with Gasteiger partial charge in [0.2, 0.25) is 0 Å². The van der Waals surface area contributed by atoms with E-state index in [1.165, 1.54) is 0 Å². The summed E-state index contributed by atoms with van der Waals surface area (Å²) in [6.07, 6.45) is 0. The zero-order valence-corrected chi connectivity index (χ0v) is 13.3. The molecule has 2 rings (SSSR count). The van der Waals surface area contributed by atoms with Crippen molar-refractivity contribution in [1.29, 1.82) is 0 Å². The van der Waals surface area contributed by atoms with Crippen molar-refractivity contribution in [2.75, 3.05) is 0 Å². The van der Waals surface area contributed by atoms with Gasteiger partial charge in [-0.15, -0.1) is 0 Å². The molecule has 0 saturated heterocycles. The highest BCUT2D eigenvalue weighted by Crippen LogP contribution is 2.34. The molecule has 0 heterocycles. The van der Waals surface area contributed by atoms with Gasteiger partial charge in [-0.25, -0.2) is 0 Å². The van der Waals surface area contributed by atoms with Gasteiger partial charge in [0.25, 0.3) is 0 Å². The summed E-state index contributed by atoms with van der Waals surface area (Å²) in [5.74, 6) is 1.20. The number of hydrogen-bond acceptors (Lipinski definition) is 2. The minimum atomic E-state index is 0.298. The molecule has 2 aromatic rings. The molecule has 0 aromatic heterocycles. The molecule has 0 radical (unpaired) electrons. The van der Waals surface area contributed by atoms with Crippen LogP contribution in [0.25, 0.3) is 0 Å². The summed E-state index contributed by atoms with van der Waals surface area (Å²) < 4.78 is 6.76. The molecule has 2 N–H and O–H groups in total. The zero-order chi connectivity index (χ0) is 14.0. The Morgan fingerprint density at radius 2 is 2.05 bits per heavy atom. The lowest BCUT2D eigenvalue weighted by atomic mass is 10.1. The third-order valence-electron chi connectivity index (χ3n) is 2.58. The van der Waals surface area contributed by atoms with Gasteiger partial charge in [0.1, 0.15) is 16.5 Å². The van der Waals surface area contributed by atoms with Crippen molar-refractivity contribution in [3.63, 3.8) is 0 Å². The SMILES string of the molecule is Cc1cccc(C(N)=S)c1Oc1ccc(Br)cc1Cl. The van der Waals surface area contributed by atoms with E-state index in [0.717, 1.165) is 10.0 Å². The van der Waals surface area contributed by atoms with Crippen LogP contribution in [0, 0.1) is 6.92 Å². The quantitative estimate of drug-likeness (QED) is 0.799.